The van der Waals surface area contributed by atoms with Gasteiger partial charge >= 0.3 is 0 Å². The molecular weight excluding hydrogens is 248 g/mol. The number of nitrogens with one attached hydrogen (secondary N) is 1. The van der Waals surface area contributed by atoms with Gasteiger partial charge < -0.3 is 5.32 Å². The number of hydrogen-bond donors (Lipinski definition) is 1. The van der Waals surface area contributed by atoms with Gasteiger partial charge in [0.15, 0.2) is 15.0 Å². The third kappa shape index (κ3) is 3.48. The molecule has 0 aromatic carbocycles. The minimum Gasteiger partial charge on any atom is -0.304 e. The molecule has 0 fully saturated rings. The molecule has 0 radical (unpaired) electrons. The molecule has 5 nitrogen and oxygen atoms in total. The molecule has 0 saturated heterocycles. The van der Waals surface area contributed by atoms with E-state index in [1.165, 1.54) is 18.7 Å². The summed E-state index contributed by atoms with van der Waals surface area (Å²) in [5.41, 5.74) is 0. The van der Waals surface area contributed by atoms with Gasteiger partial charge in [-0.2, -0.15) is 0 Å². The van der Waals surface area contributed by atoms with Crippen LogP contribution in [0, 0.1) is 0 Å². The maximum absolute atomic E-state index is 11.6. The number of carbonyl (C=O) groups is 1. The largest absolute Gasteiger partial charge is 0.304 e. The van der Waals surface area contributed by atoms with Gasteiger partial charge in [-0.3, -0.25) is 9.79 Å². The summed E-state index contributed by atoms with van der Waals surface area (Å²) in [7, 11) is -3.33. The smallest absolute Gasteiger partial charge is 0.243 e. The molecule has 7 heteroatoms. The second kappa shape index (κ2) is 5.67. The second-order valence-corrected chi connectivity index (χ2v) is 7.06. The third-order valence-electron chi connectivity index (χ3n) is 2.21. The van der Waals surface area contributed by atoms with Crippen molar-refractivity contribution in [2.75, 3.05) is 18.1 Å². The van der Waals surface area contributed by atoms with Crippen LogP contribution in [0.2, 0.25) is 0 Å². The summed E-state index contributed by atoms with van der Waals surface area (Å²) < 4.78 is 23.3. The topological polar surface area (TPSA) is 75.6 Å². The van der Waals surface area contributed by atoms with Gasteiger partial charge in [0.25, 0.3) is 0 Å². The lowest BCUT2D eigenvalue weighted by Gasteiger charge is -2.11. The molecule has 0 saturated carbocycles. The Labute approximate surface area is 100 Å². The van der Waals surface area contributed by atoms with Crippen molar-refractivity contribution in [2.24, 2.45) is 4.99 Å². The number of sulfone groups is 1. The number of carbonyl (C=O) groups excluding carboxylic acids is 1. The number of aliphatic imine (C=N–C) groups is 1. The van der Waals surface area contributed by atoms with E-state index in [4.69, 9.17) is 0 Å². The van der Waals surface area contributed by atoms with E-state index in [9.17, 15) is 13.2 Å². The van der Waals surface area contributed by atoms with Crippen LogP contribution in [-0.2, 0) is 14.6 Å². The van der Waals surface area contributed by atoms with Gasteiger partial charge in [-0.05, 0) is 13.3 Å². The highest BCUT2D eigenvalue weighted by molar-refractivity contribution is 8.14. The highest BCUT2D eigenvalue weighted by atomic mass is 32.2. The summed E-state index contributed by atoms with van der Waals surface area (Å²) in [6.07, 6.45) is 0.523. The van der Waals surface area contributed by atoms with Crippen molar-refractivity contribution < 1.29 is 13.2 Å². The number of thioether (sulfide) groups is 1. The summed E-state index contributed by atoms with van der Waals surface area (Å²) in [6.45, 7) is 3.87. The molecule has 1 aliphatic rings. The molecule has 1 atom stereocenters. The van der Waals surface area contributed by atoms with Crippen LogP contribution >= 0.6 is 11.8 Å². The Hall–Kier alpha value is -0.560. The predicted octanol–water partition coefficient (Wildman–Crippen LogP) is 0.419. The first-order valence-electron chi connectivity index (χ1n) is 5.17. The fourth-order valence-electron chi connectivity index (χ4n) is 1.24. The van der Waals surface area contributed by atoms with Gasteiger partial charge in [-0.25, -0.2) is 8.42 Å². The first-order valence-corrected chi connectivity index (χ1v) is 7.87. The summed E-state index contributed by atoms with van der Waals surface area (Å²) in [4.78, 5) is 15.7. The van der Waals surface area contributed by atoms with Crippen molar-refractivity contribution >= 4 is 32.7 Å². The van der Waals surface area contributed by atoms with Crippen LogP contribution in [0.1, 0.15) is 20.3 Å². The van der Waals surface area contributed by atoms with E-state index in [1.807, 2.05) is 0 Å². The Balaban J connectivity index is 2.59. The third-order valence-corrected chi connectivity index (χ3v) is 5.37. The second-order valence-electron chi connectivity index (χ2n) is 3.53. The Morgan fingerprint density at radius 1 is 1.62 bits per heavy atom. The number of hydrogen-bond acceptors (Lipinski definition) is 5. The Morgan fingerprint density at radius 2 is 2.31 bits per heavy atom. The highest BCUT2D eigenvalue weighted by Gasteiger charge is 2.28. The van der Waals surface area contributed by atoms with Gasteiger partial charge in [-0.15, -0.1) is 0 Å². The van der Waals surface area contributed by atoms with E-state index in [0.29, 0.717) is 18.1 Å². The normalized spacial score (nSPS) is 18.0. The van der Waals surface area contributed by atoms with E-state index in [0.717, 1.165) is 5.75 Å². The van der Waals surface area contributed by atoms with Crippen LogP contribution < -0.4 is 5.32 Å². The zero-order valence-corrected chi connectivity index (χ0v) is 11.0. The van der Waals surface area contributed by atoms with Gasteiger partial charge in [0.2, 0.25) is 5.91 Å². The van der Waals surface area contributed by atoms with Crippen LogP contribution in [-0.4, -0.2) is 42.8 Å². The van der Waals surface area contributed by atoms with E-state index >= 15 is 0 Å². The first-order chi connectivity index (χ1) is 7.47. The number of amides is 1. The molecule has 0 unspecified atom stereocenters. The van der Waals surface area contributed by atoms with Crippen LogP contribution in [0.4, 0.5) is 0 Å². The average molecular weight is 264 g/mol. The fraction of sp³-hybridized carbons (Fsp3) is 0.778. The lowest BCUT2D eigenvalue weighted by molar-refractivity contribution is -0.118. The quantitative estimate of drug-likeness (QED) is 0.798. The molecular formula is C9H16N2O3S2. The van der Waals surface area contributed by atoms with E-state index in [-0.39, 0.29) is 5.75 Å². The van der Waals surface area contributed by atoms with E-state index in [2.05, 4.69) is 10.3 Å². The molecule has 16 heavy (non-hydrogen) atoms. The molecule has 0 bridgehead atoms. The van der Waals surface area contributed by atoms with Crippen molar-refractivity contribution in [3.8, 4) is 0 Å². The van der Waals surface area contributed by atoms with Crippen molar-refractivity contribution in [2.45, 2.75) is 25.5 Å². The molecule has 92 valence electrons. The van der Waals surface area contributed by atoms with Crippen LogP contribution in [0.25, 0.3) is 0 Å². The summed E-state index contributed by atoms with van der Waals surface area (Å²) in [6, 6.07) is 0. The zero-order valence-electron chi connectivity index (χ0n) is 9.39. The minimum atomic E-state index is -3.33. The molecule has 1 heterocycles. The SMILES string of the molecule is CCCS(=O)(=O)[C@H](C)C(=O)NC1=NCCS1. The summed E-state index contributed by atoms with van der Waals surface area (Å²) >= 11 is 1.44. The molecule has 1 amide bonds. The van der Waals surface area contributed by atoms with Gasteiger partial charge in [0, 0.05) is 5.75 Å². The fourth-order valence-corrected chi connectivity index (χ4v) is 3.28. The van der Waals surface area contributed by atoms with Crippen LogP contribution in [0.3, 0.4) is 0 Å². The maximum Gasteiger partial charge on any atom is 0.243 e. The molecule has 1 aliphatic heterocycles. The zero-order chi connectivity index (χ0) is 12.2. The summed E-state index contributed by atoms with van der Waals surface area (Å²) in [5, 5.41) is 2.07. The Bertz CT molecular complexity index is 390. The lowest BCUT2D eigenvalue weighted by Crippen LogP contribution is -2.40. The van der Waals surface area contributed by atoms with Crippen molar-refractivity contribution in [1.82, 2.24) is 5.32 Å². The Kier molecular flexibility index (Phi) is 4.79. The number of amidine groups is 1. The van der Waals surface area contributed by atoms with Crippen molar-refractivity contribution in [3.63, 3.8) is 0 Å². The number of nitrogens with zero attached hydrogens (tertiary/aromatic N) is 1. The molecule has 0 spiro atoms. The molecule has 0 aromatic rings. The molecule has 0 aromatic heterocycles. The molecule has 1 rings (SSSR count). The average Bonchev–Trinajstić information content (AvgIpc) is 2.69. The predicted molar refractivity (Wildman–Crippen MR) is 66.4 cm³/mol. The molecule has 0 aliphatic carbocycles. The van der Waals surface area contributed by atoms with E-state index < -0.39 is 21.0 Å². The standard InChI is InChI=1S/C9H16N2O3S2/c1-3-6-16(13,14)7(2)8(12)11-9-10-4-5-15-9/h7H,3-6H2,1-2H3,(H,10,11,12)/t7-/m1/s1. The first kappa shape index (κ1) is 13.5. The molecule has 1 N–H and O–H groups in total. The van der Waals surface area contributed by atoms with E-state index in [1.54, 1.807) is 6.92 Å². The minimum absolute atomic E-state index is 0.0429. The highest BCUT2D eigenvalue weighted by Crippen LogP contribution is 2.10. The van der Waals surface area contributed by atoms with Crippen molar-refractivity contribution in [3.05, 3.63) is 0 Å². The Morgan fingerprint density at radius 3 is 2.81 bits per heavy atom. The number of rotatable bonds is 4. The van der Waals surface area contributed by atoms with Crippen LogP contribution in [0.15, 0.2) is 4.99 Å². The monoisotopic (exact) mass is 264 g/mol. The van der Waals surface area contributed by atoms with Crippen LogP contribution in [0.5, 0.6) is 0 Å². The van der Waals surface area contributed by atoms with Gasteiger partial charge in [-0.1, -0.05) is 18.7 Å². The van der Waals surface area contributed by atoms with Crippen molar-refractivity contribution in [1.29, 1.82) is 0 Å². The van der Waals surface area contributed by atoms with Gasteiger partial charge in [0.05, 0.1) is 12.3 Å². The van der Waals surface area contributed by atoms with Gasteiger partial charge in [0.1, 0.15) is 5.25 Å². The summed E-state index contributed by atoms with van der Waals surface area (Å²) in [5.74, 6) is 0.397. The lowest BCUT2D eigenvalue weighted by atomic mass is 10.4. The maximum atomic E-state index is 11.6.